The Kier molecular flexibility index (Phi) is 6.73. The van der Waals surface area contributed by atoms with E-state index in [9.17, 15) is 26.7 Å². The van der Waals surface area contributed by atoms with Crippen molar-refractivity contribution in [3.05, 3.63) is 65.0 Å². The number of carboxylic acids is 1. The molecule has 0 aromatic heterocycles. The minimum absolute atomic E-state index is 0.181. The molecule has 0 saturated carbocycles. The summed E-state index contributed by atoms with van der Waals surface area (Å²) in [7, 11) is 0. The van der Waals surface area contributed by atoms with Crippen LogP contribution in [0.4, 0.5) is 22.0 Å². The summed E-state index contributed by atoms with van der Waals surface area (Å²) in [6, 6.07) is 8.77. The van der Waals surface area contributed by atoms with Crippen LogP contribution < -0.4 is 0 Å². The number of carbonyl (C=O) groups excluding carboxylic acids is 1. The van der Waals surface area contributed by atoms with Gasteiger partial charge < -0.3 is 5.11 Å². The zero-order valence-corrected chi connectivity index (χ0v) is 13.9. The summed E-state index contributed by atoms with van der Waals surface area (Å²) in [4.78, 5) is 10.7. The predicted octanol–water partition coefficient (Wildman–Crippen LogP) is 4.96. The minimum atomic E-state index is -2.30. The zero-order chi connectivity index (χ0) is 19.3. The standard InChI is InChI=1S/C17H11F5O3S/c18-12-13(19)15(21)17(16(22)14(12)20)25-11(7-6-10(23)24)26-8-9-4-2-1-3-5-9/h1-5H,6-8H2/p+1. The van der Waals surface area contributed by atoms with Gasteiger partial charge in [0.2, 0.25) is 17.5 Å². The molecule has 0 aliphatic rings. The van der Waals surface area contributed by atoms with E-state index in [0.717, 1.165) is 17.3 Å². The van der Waals surface area contributed by atoms with Crippen molar-refractivity contribution >= 4 is 22.8 Å². The second-order valence-electron chi connectivity index (χ2n) is 5.04. The van der Waals surface area contributed by atoms with Crippen LogP contribution in [0.3, 0.4) is 0 Å². The lowest BCUT2D eigenvalue weighted by Crippen LogP contribution is -2.06. The summed E-state index contributed by atoms with van der Waals surface area (Å²) in [5.74, 6) is -13.2. The Bertz CT molecular complexity index is 811. The molecule has 2 rings (SSSR count). The Morgan fingerprint density at radius 3 is 1.96 bits per heavy atom. The maximum atomic E-state index is 13.7. The van der Waals surface area contributed by atoms with Gasteiger partial charge in [0, 0.05) is 5.75 Å². The first-order valence-corrected chi connectivity index (χ1v) is 8.23. The molecule has 26 heavy (non-hydrogen) atoms. The van der Waals surface area contributed by atoms with Crippen LogP contribution in [0.1, 0.15) is 18.4 Å². The molecule has 0 fully saturated rings. The average molecular weight is 391 g/mol. The highest BCUT2D eigenvalue weighted by atomic mass is 32.2. The smallest absolute Gasteiger partial charge is 0.430 e. The average Bonchev–Trinajstić information content (AvgIpc) is 2.64. The Morgan fingerprint density at radius 2 is 1.42 bits per heavy atom. The lowest BCUT2D eigenvalue weighted by molar-refractivity contribution is -0.371. The fraction of sp³-hybridized carbons (Fsp3) is 0.176. The van der Waals surface area contributed by atoms with Crippen molar-refractivity contribution in [3.8, 4) is 5.75 Å². The SMILES string of the molecule is O=C(O)CCC(=[O+]c1c(F)c(F)c(F)c(F)c1F)SCc1ccccc1. The largest absolute Gasteiger partial charge is 0.481 e. The Balaban J connectivity index is 2.36. The third kappa shape index (κ3) is 4.81. The van der Waals surface area contributed by atoms with Crippen molar-refractivity contribution in [1.82, 2.24) is 0 Å². The molecule has 2 aromatic rings. The topological polar surface area (TPSA) is 48.6 Å². The molecule has 0 heterocycles. The first-order chi connectivity index (χ1) is 12.3. The molecule has 0 unspecified atom stereocenters. The molecule has 1 N–H and O–H groups in total. The zero-order valence-electron chi connectivity index (χ0n) is 13.1. The molecule has 0 bridgehead atoms. The van der Waals surface area contributed by atoms with Gasteiger partial charge in [-0.1, -0.05) is 30.3 Å². The van der Waals surface area contributed by atoms with E-state index in [-0.39, 0.29) is 17.3 Å². The minimum Gasteiger partial charge on any atom is -0.481 e. The van der Waals surface area contributed by atoms with Gasteiger partial charge in [-0.15, -0.1) is 0 Å². The van der Waals surface area contributed by atoms with Crippen molar-refractivity contribution in [2.45, 2.75) is 18.6 Å². The fourth-order valence-electron chi connectivity index (χ4n) is 1.89. The quantitative estimate of drug-likeness (QED) is 0.328. The molecule has 0 radical (unpaired) electrons. The second kappa shape index (κ2) is 8.79. The number of halogens is 5. The summed E-state index contributed by atoms with van der Waals surface area (Å²) in [6.07, 6.45) is -0.709. The number of aliphatic carboxylic acids is 1. The summed E-state index contributed by atoms with van der Waals surface area (Å²) < 4.78 is 72.0. The summed E-state index contributed by atoms with van der Waals surface area (Å²) in [5, 5.41) is 8.57. The molecule has 3 nitrogen and oxygen atoms in total. The van der Waals surface area contributed by atoms with E-state index in [2.05, 4.69) is 0 Å². The number of rotatable bonds is 6. The summed E-state index contributed by atoms with van der Waals surface area (Å²) in [5.41, 5.74) is 0.798. The van der Waals surface area contributed by atoms with Gasteiger partial charge in [-0.2, -0.15) is 22.0 Å². The van der Waals surface area contributed by atoms with Gasteiger partial charge in [-0.05, 0) is 17.3 Å². The van der Waals surface area contributed by atoms with Crippen LogP contribution in [0.25, 0.3) is 0 Å². The Morgan fingerprint density at radius 1 is 0.885 bits per heavy atom. The van der Waals surface area contributed by atoms with Crippen LogP contribution in [0.15, 0.2) is 30.3 Å². The molecule has 9 heteroatoms. The van der Waals surface area contributed by atoms with E-state index in [0.29, 0.717) is 0 Å². The highest BCUT2D eigenvalue weighted by Crippen LogP contribution is 2.30. The molecule has 0 atom stereocenters. The van der Waals surface area contributed by atoms with Crippen LogP contribution in [0, 0.1) is 29.1 Å². The first-order valence-electron chi connectivity index (χ1n) is 7.25. The molecular formula is C17H12F5O3S+. The molecule has 138 valence electrons. The molecule has 0 amide bonds. The molecule has 0 saturated heterocycles. The summed E-state index contributed by atoms with van der Waals surface area (Å²) >= 11 is 0.904. The van der Waals surface area contributed by atoms with E-state index >= 15 is 0 Å². The number of carboxylic acid groups (broad SMARTS) is 1. The third-order valence-electron chi connectivity index (χ3n) is 3.17. The highest BCUT2D eigenvalue weighted by Gasteiger charge is 2.34. The van der Waals surface area contributed by atoms with Crippen LogP contribution in [0.2, 0.25) is 0 Å². The van der Waals surface area contributed by atoms with E-state index in [1.807, 2.05) is 0 Å². The Hall–Kier alpha value is -2.42. The number of thioether (sulfide) groups is 1. The fourth-order valence-corrected chi connectivity index (χ4v) is 2.80. The van der Waals surface area contributed by atoms with Crippen molar-refractivity contribution in [2.24, 2.45) is 0 Å². The van der Waals surface area contributed by atoms with Gasteiger partial charge in [0.1, 0.15) is 0 Å². The van der Waals surface area contributed by atoms with E-state index in [1.54, 1.807) is 30.3 Å². The molecular weight excluding hydrogens is 379 g/mol. The van der Waals surface area contributed by atoms with Crippen molar-refractivity contribution in [3.63, 3.8) is 0 Å². The lowest BCUT2D eigenvalue weighted by atomic mass is 10.2. The maximum Gasteiger partial charge on any atom is 0.430 e. The normalized spacial score (nSPS) is 11.7. The van der Waals surface area contributed by atoms with Gasteiger partial charge >= 0.3 is 16.8 Å². The van der Waals surface area contributed by atoms with Gasteiger partial charge in [0.15, 0.2) is 0 Å². The summed E-state index contributed by atoms with van der Waals surface area (Å²) in [6.45, 7) is 0. The number of hydrogen-bond acceptors (Lipinski definition) is 2. The highest BCUT2D eigenvalue weighted by molar-refractivity contribution is 8.13. The van der Waals surface area contributed by atoms with E-state index in [4.69, 9.17) is 9.53 Å². The third-order valence-corrected chi connectivity index (χ3v) is 4.26. The first kappa shape index (κ1) is 19.9. The molecule has 0 spiro atoms. The second-order valence-corrected chi connectivity index (χ2v) is 6.07. The van der Waals surface area contributed by atoms with Crippen LogP contribution in [-0.4, -0.2) is 16.2 Å². The van der Waals surface area contributed by atoms with Gasteiger partial charge in [-0.3, -0.25) is 4.79 Å². The number of carbonyl (C=O) groups is 1. The van der Waals surface area contributed by atoms with Crippen molar-refractivity contribution in [2.75, 3.05) is 0 Å². The molecule has 2 aromatic carbocycles. The predicted molar refractivity (Wildman–Crippen MR) is 85.3 cm³/mol. The Labute approximate surface area is 149 Å². The van der Waals surface area contributed by atoms with Crippen LogP contribution in [0.5, 0.6) is 5.75 Å². The monoisotopic (exact) mass is 391 g/mol. The van der Waals surface area contributed by atoms with E-state index in [1.165, 1.54) is 0 Å². The van der Waals surface area contributed by atoms with Gasteiger partial charge in [-0.25, -0.2) is 4.39 Å². The molecule has 0 aliphatic carbocycles. The van der Waals surface area contributed by atoms with Crippen LogP contribution in [-0.2, 0) is 15.0 Å². The van der Waals surface area contributed by atoms with Crippen molar-refractivity contribution < 1.29 is 36.3 Å². The lowest BCUT2D eigenvalue weighted by Gasteiger charge is -2.00. The van der Waals surface area contributed by atoms with Gasteiger partial charge in [0.25, 0.3) is 11.6 Å². The van der Waals surface area contributed by atoms with E-state index < -0.39 is 47.2 Å². The van der Waals surface area contributed by atoms with Crippen LogP contribution >= 0.6 is 11.8 Å². The van der Waals surface area contributed by atoms with Gasteiger partial charge in [0.05, 0.1) is 12.8 Å². The van der Waals surface area contributed by atoms with Crippen molar-refractivity contribution in [1.29, 1.82) is 0 Å². The number of hydrogen-bond donors (Lipinski definition) is 1. The molecule has 0 aliphatic heterocycles. The number of benzene rings is 2. The maximum absolute atomic E-state index is 13.7.